The summed E-state index contributed by atoms with van der Waals surface area (Å²) in [4.78, 5) is 4.49. The molecular weight excluding hydrogens is 384 g/mol. The minimum Gasteiger partial charge on any atom is -0.483 e. The Hall–Kier alpha value is -3.26. The summed E-state index contributed by atoms with van der Waals surface area (Å²) in [5.74, 6) is 1.21. The van der Waals surface area contributed by atoms with Crippen molar-refractivity contribution in [3.63, 3.8) is 0 Å². The Morgan fingerprint density at radius 2 is 1.52 bits per heavy atom. The van der Waals surface area contributed by atoms with E-state index in [0.29, 0.717) is 12.5 Å². The van der Waals surface area contributed by atoms with Crippen molar-refractivity contribution in [2.45, 2.75) is 67.5 Å². The third-order valence-corrected chi connectivity index (χ3v) is 3.73. The number of aliphatic imine (C=N–C) groups is 1. The summed E-state index contributed by atoms with van der Waals surface area (Å²) in [6.45, 7) is 16.5. The number of nitrogens with one attached hydrogen (secondary N) is 2. The van der Waals surface area contributed by atoms with E-state index in [1.165, 1.54) is 0 Å². The molecule has 1 aliphatic rings. The molecule has 2 aromatic rings. The van der Waals surface area contributed by atoms with Gasteiger partial charge in [-0.1, -0.05) is 84.0 Å². The number of hydrogen-bond donors (Lipinski definition) is 2. The van der Waals surface area contributed by atoms with Crippen molar-refractivity contribution in [2.75, 3.05) is 0 Å². The highest BCUT2D eigenvalue weighted by molar-refractivity contribution is 5.91. The molecule has 2 N–H and O–H groups in total. The van der Waals surface area contributed by atoms with Crippen LogP contribution in [0.1, 0.15) is 66.5 Å². The number of guanidine groups is 1. The normalized spacial score (nSPS) is 12.9. The second-order valence-electron chi connectivity index (χ2n) is 6.27. The molecule has 5 heteroatoms. The maximum Gasteiger partial charge on any atom is 0.209 e. The monoisotopic (exact) mass is 422 g/mol. The molecule has 0 bridgehead atoms. The summed E-state index contributed by atoms with van der Waals surface area (Å²) in [7, 11) is 0. The van der Waals surface area contributed by atoms with E-state index in [1.807, 2.05) is 122 Å². The van der Waals surface area contributed by atoms with Gasteiger partial charge in [-0.25, -0.2) is 4.99 Å². The quantitative estimate of drug-likeness (QED) is 0.257. The molecule has 5 nitrogen and oxygen atoms in total. The van der Waals surface area contributed by atoms with Crippen LogP contribution in [0.3, 0.4) is 0 Å². The van der Waals surface area contributed by atoms with Gasteiger partial charge in [-0.15, -0.1) is 0 Å². The molecular formula is C26H38N4O. The highest BCUT2D eigenvalue weighted by Crippen LogP contribution is 2.34. The van der Waals surface area contributed by atoms with Crippen LogP contribution in [-0.4, -0.2) is 11.6 Å². The van der Waals surface area contributed by atoms with E-state index < -0.39 is 5.60 Å². The van der Waals surface area contributed by atoms with E-state index in [-0.39, 0.29) is 0 Å². The number of nitriles is 1. The van der Waals surface area contributed by atoms with Crippen LogP contribution in [0.5, 0.6) is 5.75 Å². The lowest BCUT2D eigenvalue weighted by Gasteiger charge is -2.31. The molecule has 0 saturated heterocycles. The standard InChI is InChI=1S/C20H20N4O.3C2H6/c1-20(2)12-17(16-10-6-7-11-18(16)25-20)24-19(23-14-21)22-13-15-8-4-3-5-9-15;3*1-2/h3-12H,13H2,1-2H3,(H2,22,23,24);3*1-2H3. The van der Waals surface area contributed by atoms with Gasteiger partial charge in [0.25, 0.3) is 0 Å². The molecule has 0 unspecified atom stereocenters. The van der Waals surface area contributed by atoms with Crippen molar-refractivity contribution in [1.29, 1.82) is 5.26 Å². The third kappa shape index (κ3) is 9.39. The summed E-state index contributed by atoms with van der Waals surface area (Å²) in [6.07, 6.45) is 3.93. The number of fused-ring (bicyclic) bond motifs is 1. The van der Waals surface area contributed by atoms with Crippen LogP contribution in [0, 0.1) is 11.5 Å². The van der Waals surface area contributed by atoms with E-state index in [0.717, 1.165) is 22.6 Å². The van der Waals surface area contributed by atoms with Gasteiger partial charge >= 0.3 is 0 Å². The molecule has 0 aromatic heterocycles. The summed E-state index contributed by atoms with van der Waals surface area (Å²) in [5.41, 5.74) is 2.42. The van der Waals surface area contributed by atoms with Gasteiger partial charge in [0.1, 0.15) is 11.4 Å². The summed E-state index contributed by atoms with van der Waals surface area (Å²) in [5, 5.41) is 14.9. The summed E-state index contributed by atoms with van der Waals surface area (Å²) < 4.78 is 5.98. The Morgan fingerprint density at radius 3 is 2.13 bits per heavy atom. The van der Waals surface area contributed by atoms with Crippen LogP contribution in [0.25, 0.3) is 5.70 Å². The molecule has 1 heterocycles. The number of para-hydroxylation sites is 1. The fourth-order valence-corrected chi connectivity index (χ4v) is 2.66. The second-order valence-corrected chi connectivity index (χ2v) is 6.27. The number of ether oxygens (including phenoxy) is 1. The maximum atomic E-state index is 9.04. The highest BCUT2D eigenvalue weighted by Gasteiger charge is 2.26. The van der Waals surface area contributed by atoms with Gasteiger partial charge in [0, 0.05) is 5.56 Å². The van der Waals surface area contributed by atoms with E-state index >= 15 is 0 Å². The molecule has 0 aliphatic carbocycles. The lowest BCUT2D eigenvalue weighted by Crippen LogP contribution is -2.37. The zero-order valence-corrected chi connectivity index (χ0v) is 20.3. The molecule has 0 amide bonds. The average Bonchev–Trinajstić information content (AvgIpc) is 2.81. The molecule has 31 heavy (non-hydrogen) atoms. The van der Waals surface area contributed by atoms with Gasteiger partial charge in [-0.05, 0) is 37.6 Å². The first-order valence-corrected chi connectivity index (χ1v) is 11.1. The molecule has 0 atom stereocenters. The van der Waals surface area contributed by atoms with Crippen molar-refractivity contribution < 1.29 is 4.74 Å². The average molecular weight is 423 g/mol. The van der Waals surface area contributed by atoms with Crippen LogP contribution in [0.4, 0.5) is 0 Å². The van der Waals surface area contributed by atoms with Crippen LogP contribution < -0.4 is 15.4 Å². The van der Waals surface area contributed by atoms with Crippen molar-refractivity contribution >= 4 is 11.7 Å². The SMILES string of the molecule is CC.CC.CC.CC1(C)C=C(NC(=NCc2ccccc2)NC#N)c2ccccc2O1. The topological polar surface area (TPSA) is 69.4 Å². The first-order valence-electron chi connectivity index (χ1n) is 11.1. The fraction of sp³-hybridized carbons (Fsp3) is 0.385. The molecule has 168 valence electrons. The van der Waals surface area contributed by atoms with Gasteiger partial charge in [-0.3, -0.25) is 5.32 Å². The van der Waals surface area contributed by atoms with Gasteiger partial charge in [0.05, 0.1) is 12.2 Å². The van der Waals surface area contributed by atoms with Crippen LogP contribution in [0.2, 0.25) is 0 Å². The smallest absolute Gasteiger partial charge is 0.209 e. The summed E-state index contributed by atoms with van der Waals surface area (Å²) >= 11 is 0. The molecule has 1 aliphatic heterocycles. The first kappa shape index (κ1) is 27.7. The van der Waals surface area contributed by atoms with Gasteiger partial charge in [-0.2, -0.15) is 5.26 Å². The molecule has 0 spiro atoms. The summed E-state index contributed by atoms with van der Waals surface area (Å²) in [6, 6.07) is 17.7. The Balaban J connectivity index is 0.00000138. The molecule has 0 fully saturated rings. The highest BCUT2D eigenvalue weighted by atomic mass is 16.5. The van der Waals surface area contributed by atoms with E-state index in [4.69, 9.17) is 10.00 Å². The van der Waals surface area contributed by atoms with Gasteiger partial charge in [0.15, 0.2) is 6.19 Å². The zero-order chi connectivity index (χ0) is 23.7. The largest absolute Gasteiger partial charge is 0.483 e. The molecule has 0 saturated carbocycles. The van der Waals surface area contributed by atoms with Crippen LogP contribution >= 0.6 is 0 Å². The van der Waals surface area contributed by atoms with Gasteiger partial charge in [0.2, 0.25) is 5.96 Å². The maximum absolute atomic E-state index is 9.04. The van der Waals surface area contributed by atoms with Crippen molar-refractivity contribution in [1.82, 2.24) is 10.6 Å². The van der Waals surface area contributed by atoms with E-state index in [1.54, 1.807) is 0 Å². The fourth-order valence-electron chi connectivity index (χ4n) is 2.66. The predicted molar refractivity (Wildman–Crippen MR) is 133 cm³/mol. The molecule has 3 rings (SSSR count). The van der Waals surface area contributed by atoms with Gasteiger partial charge < -0.3 is 10.1 Å². The Morgan fingerprint density at radius 1 is 0.935 bits per heavy atom. The van der Waals surface area contributed by atoms with Crippen LogP contribution in [0.15, 0.2) is 65.7 Å². The second kappa shape index (κ2) is 15.6. The lowest BCUT2D eigenvalue weighted by molar-refractivity contribution is 0.157. The Kier molecular flexibility index (Phi) is 13.9. The minimum atomic E-state index is -0.451. The molecule has 0 radical (unpaired) electrons. The van der Waals surface area contributed by atoms with Crippen molar-refractivity contribution in [2.24, 2.45) is 4.99 Å². The van der Waals surface area contributed by atoms with E-state index in [2.05, 4.69) is 15.6 Å². The Labute approximate surface area is 188 Å². The number of rotatable bonds is 3. The van der Waals surface area contributed by atoms with Crippen molar-refractivity contribution in [3.05, 3.63) is 71.8 Å². The lowest BCUT2D eigenvalue weighted by atomic mass is 9.99. The minimum absolute atomic E-state index is 0.408. The first-order chi connectivity index (χ1) is 15.1. The van der Waals surface area contributed by atoms with E-state index in [9.17, 15) is 0 Å². The van der Waals surface area contributed by atoms with Crippen molar-refractivity contribution in [3.8, 4) is 11.9 Å². The molecule has 2 aromatic carbocycles. The predicted octanol–water partition coefficient (Wildman–Crippen LogP) is 6.49. The zero-order valence-electron chi connectivity index (χ0n) is 20.3. The third-order valence-electron chi connectivity index (χ3n) is 3.73. The number of nitrogens with zero attached hydrogens (tertiary/aromatic N) is 2. The number of benzene rings is 2. The number of hydrogen-bond acceptors (Lipinski definition) is 3. The Bertz CT molecular complexity index is 849. The van der Waals surface area contributed by atoms with Crippen LogP contribution in [-0.2, 0) is 6.54 Å².